The largest absolute Gasteiger partial charge is 0.257 e. The maximum absolute atomic E-state index is 11.8. The molecule has 0 amide bonds. The number of hydrogen-bond acceptors (Lipinski definition) is 6. The second kappa shape index (κ2) is 7.47. The minimum atomic E-state index is -3.15. The Balaban J connectivity index is 1.73. The molecule has 1 aliphatic heterocycles. The van der Waals surface area contributed by atoms with Crippen LogP contribution in [0, 0.1) is 5.92 Å². The van der Waals surface area contributed by atoms with Crippen molar-refractivity contribution in [2.24, 2.45) is 5.92 Å². The third-order valence-corrected chi connectivity index (χ3v) is 6.64. The molecule has 0 aliphatic carbocycles. The zero-order valence-electron chi connectivity index (χ0n) is 14.8. The maximum atomic E-state index is 11.8. The van der Waals surface area contributed by atoms with Crippen LogP contribution in [-0.4, -0.2) is 47.0 Å². The van der Waals surface area contributed by atoms with Gasteiger partial charge in [-0.3, -0.25) is 9.97 Å². The smallest absolute Gasteiger partial charge is 0.211 e. The molecule has 1 aliphatic rings. The molecule has 2 aromatic heterocycles. The van der Waals surface area contributed by atoms with Crippen molar-refractivity contribution in [2.75, 3.05) is 19.3 Å². The van der Waals surface area contributed by atoms with Crippen molar-refractivity contribution >= 4 is 21.4 Å². The Hall–Kier alpha value is -1.38. The van der Waals surface area contributed by atoms with Gasteiger partial charge in [-0.15, -0.1) is 11.3 Å². The molecule has 6 nitrogen and oxygen atoms in total. The van der Waals surface area contributed by atoms with E-state index in [4.69, 9.17) is 0 Å². The monoisotopic (exact) mass is 380 g/mol. The van der Waals surface area contributed by atoms with E-state index >= 15 is 0 Å². The number of nitrogens with zero attached hydrogens (tertiary/aromatic N) is 4. The van der Waals surface area contributed by atoms with Gasteiger partial charge in [0.05, 0.1) is 28.0 Å². The zero-order chi connectivity index (χ0) is 18.0. The Morgan fingerprint density at radius 3 is 2.68 bits per heavy atom. The molecule has 8 heteroatoms. The second-order valence-electron chi connectivity index (χ2n) is 7.00. The number of thiazole rings is 1. The van der Waals surface area contributed by atoms with Crippen molar-refractivity contribution in [3.05, 3.63) is 29.3 Å². The Morgan fingerprint density at radius 2 is 2.04 bits per heavy atom. The van der Waals surface area contributed by atoms with Gasteiger partial charge in [0.1, 0.15) is 5.69 Å². The summed E-state index contributed by atoms with van der Waals surface area (Å²) in [6, 6.07) is 0. The first-order valence-corrected chi connectivity index (χ1v) is 11.2. The Labute approximate surface area is 153 Å². The normalized spacial score (nSPS) is 19.4. The third-order valence-electron chi connectivity index (χ3n) is 4.33. The van der Waals surface area contributed by atoms with Crippen LogP contribution in [0.15, 0.2) is 18.6 Å². The fourth-order valence-corrected chi connectivity index (χ4v) is 5.04. The van der Waals surface area contributed by atoms with Gasteiger partial charge in [-0.25, -0.2) is 17.7 Å². The predicted octanol–water partition coefficient (Wildman–Crippen LogP) is 2.94. The van der Waals surface area contributed by atoms with Gasteiger partial charge in [0, 0.05) is 37.8 Å². The summed E-state index contributed by atoms with van der Waals surface area (Å²) in [4.78, 5) is 14.6. The molecule has 0 bridgehead atoms. The average Bonchev–Trinajstić information content (AvgIpc) is 3.02. The van der Waals surface area contributed by atoms with Gasteiger partial charge >= 0.3 is 0 Å². The molecule has 0 aromatic carbocycles. The molecule has 1 fully saturated rings. The highest BCUT2D eigenvalue weighted by Crippen LogP contribution is 2.29. The first kappa shape index (κ1) is 18.4. The van der Waals surface area contributed by atoms with E-state index in [-0.39, 0.29) is 5.92 Å². The third kappa shape index (κ3) is 4.62. The number of rotatable bonds is 5. The van der Waals surface area contributed by atoms with Gasteiger partial charge in [0.15, 0.2) is 0 Å². The van der Waals surface area contributed by atoms with E-state index in [1.54, 1.807) is 23.7 Å². The van der Waals surface area contributed by atoms with Crippen molar-refractivity contribution in [3.63, 3.8) is 0 Å². The van der Waals surface area contributed by atoms with Crippen molar-refractivity contribution < 1.29 is 8.42 Å². The van der Waals surface area contributed by atoms with Crippen LogP contribution < -0.4 is 0 Å². The van der Waals surface area contributed by atoms with Crippen LogP contribution in [0.4, 0.5) is 0 Å². The molecule has 3 rings (SSSR count). The molecular formula is C17H24N4O2S2. The lowest BCUT2D eigenvalue weighted by Crippen LogP contribution is -2.38. The van der Waals surface area contributed by atoms with Crippen LogP contribution in [0.3, 0.4) is 0 Å². The molecule has 1 saturated heterocycles. The highest BCUT2D eigenvalue weighted by molar-refractivity contribution is 7.88. The lowest BCUT2D eigenvalue weighted by Gasteiger charge is -2.30. The highest BCUT2D eigenvalue weighted by atomic mass is 32.2. The average molecular weight is 381 g/mol. The summed E-state index contributed by atoms with van der Waals surface area (Å²) in [6.45, 7) is 5.45. The van der Waals surface area contributed by atoms with Crippen molar-refractivity contribution in [1.29, 1.82) is 0 Å². The SMILES string of the molecule is CC(C)Cc1ncc(-c2cnc(C3CCCN(S(C)(=O)=O)C3)cn2)s1. The highest BCUT2D eigenvalue weighted by Gasteiger charge is 2.27. The van der Waals surface area contributed by atoms with Crippen LogP contribution >= 0.6 is 11.3 Å². The van der Waals surface area contributed by atoms with Crippen LogP contribution in [0.25, 0.3) is 10.6 Å². The van der Waals surface area contributed by atoms with Crippen LogP contribution in [-0.2, 0) is 16.4 Å². The topological polar surface area (TPSA) is 76.1 Å². The quantitative estimate of drug-likeness (QED) is 0.797. The molecule has 0 N–H and O–H groups in total. The van der Waals surface area contributed by atoms with Crippen molar-refractivity contribution in [3.8, 4) is 10.6 Å². The first-order valence-electron chi connectivity index (χ1n) is 8.55. The maximum Gasteiger partial charge on any atom is 0.211 e. The molecule has 1 atom stereocenters. The van der Waals surface area contributed by atoms with E-state index in [0.717, 1.165) is 40.5 Å². The molecule has 0 spiro atoms. The molecule has 1 unspecified atom stereocenters. The minimum Gasteiger partial charge on any atom is -0.257 e. The number of sulfonamides is 1. The summed E-state index contributed by atoms with van der Waals surface area (Å²) in [5.74, 6) is 0.694. The van der Waals surface area contributed by atoms with Gasteiger partial charge in [0.2, 0.25) is 10.0 Å². The number of aromatic nitrogens is 3. The minimum absolute atomic E-state index is 0.114. The summed E-state index contributed by atoms with van der Waals surface area (Å²) >= 11 is 1.66. The molecule has 25 heavy (non-hydrogen) atoms. The van der Waals surface area contributed by atoms with E-state index in [1.807, 2.05) is 6.20 Å². The van der Waals surface area contributed by atoms with Gasteiger partial charge in [0.25, 0.3) is 0 Å². The van der Waals surface area contributed by atoms with Gasteiger partial charge in [-0.1, -0.05) is 13.8 Å². The van der Waals surface area contributed by atoms with E-state index in [9.17, 15) is 8.42 Å². The number of piperidine rings is 1. The van der Waals surface area contributed by atoms with Crippen LogP contribution in [0.2, 0.25) is 0 Å². The van der Waals surface area contributed by atoms with Gasteiger partial charge in [-0.05, 0) is 18.8 Å². The Morgan fingerprint density at radius 1 is 1.24 bits per heavy atom. The summed E-state index contributed by atoms with van der Waals surface area (Å²) in [5, 5.41) is 1.12. The Kier molecular flexibility index (Phi) is 5.50. The lowest BCUT2D eigenvalue weighted by molar-refractivity contribution is 0.314. The zero-order valence-corrected chi connectivity index (χ0v) is 16.5. The first-order chi connectivity index (χ1) is 11.8. The second-order valence-corrected chi connectivity index (χ2v) is 10.1. The summed E-state index contributed by atoms with van der Waals surface area (Å²) < 4.78 is 25.1. The number of hydrogen-bond donors (Lipinski definition) is 0. The van der Waals surface area contributed by atoms with E-state index in [1.165, 1.54) is 10.6 Å². The van der Waals surface area contributed by atoms with Crippen molar-refractivity contribution in [2.45, 2.75) is 39.0 Å². The van der Waals surface area contributed by atoms with E-state index in [0.29, 0.717) is 19.0 Å². The van der Waals surface area contributed by atoms with Crippen molar-refractivity contribution in [1.82, 2.24) is 19.3 Å². The van der Waals surface area contributed by atoms with Crippen LogP contribution in [0.1, 0.15) is 43.3 Å². The molecule has 0 radical (unpaired) electrons. The fourth-order valence-electron chi connectivity index (χ4n) is 3.03. The van der Waals surface area contributed by atoms with Gasteiger partial charge < -0.3 is 0 Å². The molecule has 2 aromatic rings. The lowest BCUT2D eigenvalue weighted by atomic mass is 9.96. The molecule has 136 valence electrons. The summed E-state index contributed by atoms with van der Waals surface area (Å²) in [7, 11) is -3.15. The molecular weight excluding hydrogens is 356 g/mol. The molecule has 3 heterocycles. The summed E-state index contributed by atoms with van der Waals surface area (Å²) in [6.07, 6.45) is 9.46. The summed E-state index contributed by atoms with van der Waals surface area (Å²) in [5.41, 5.74) is 1.69. The molecule has 0 saturated carbocycles. The Bertz CT molecular complexity index is 815. The fraction of sp³-hybridized carbons (Fsp3) is 0.588. The van der Waals surface area contributed by atoms with E-state index < -0.39 is 10.0 Å². The van der Waals surface area contributed by atoms with Crippen LogP contribution in [0.5, 0.6) is 0 Å². The van der Waals surface area contributed by atoms with E-state index in [2.05, 4.69) is 28.8 Å². The predicted molar refractivity (Wildman–Crippen MR) is 100 cm³/mol. The van der Waals surface area contributed by atoms with Gasteiger partial charge in [-0.2, -0.15) is 0 Å². The standard InChI is InChI=1S/C17H24N4O2S2/c1-12(2)7-17-20-10-16(24-17)15-9-18-14(8-19-15)13-5-4-6-21(11-13)25(3,22)23/h8-10,12-13H,4-7,11H2,1-3H3.